The van der Waals surface area contributed by atoms with Crippen LogP contribution >= 0.6 is 0 Å². The number of benzene rings is 2. The first kappa shape index (κ1) is 13.9. The third-order valence-corrected chi connectivity index (χ3v) is 4.19. The summed E-state index contributed by atoms with van der Waals surface area (Å²) >= 11 is 0. The molecule has 3 rings (SSSR count). The molecule has 3 aromatic rings. The zero-order valence-corrected chi connectivity index (χ0v) is 12.8. The number of aromatic nitrogens is 2. The third kappa shape index (κ3) is 3.15. The van der Waals surface area contributed by atoms with E-state index in [1.807, 2.05) is 6.33 Å². The van der Waals surface area contributed by atoms with Gasteiger partial charge < -0.3 is 4.57 Å². The normalized spacial score (nSPS) is 11.1. The highest BCUT2D eigenvalue weighted by atomic mass is 15.0. The Hall–Kier alpha value is -2.09. The monoisotopic (exact) mass is 278 g/mol. The minimum atomic E-state index is 1.05. The van der Waals surface area contributed by atoms with Crippen LogP contribution < -0.4 is 0 Å². The lowest BCUT2D eigenvalue weighted by Gasteiger charge is -2.06. The van der Waals surface area contributed by atoms with E-state index in [1.54, 1.807) is 0 Å². The molecular formula is C19H22N2. The Kier molecular flexibility index (Phi) is 4.05. The van der Waals surface area contributed by atoms with Gasteiger partial charge in [0.05, 0.1) is 17.4 Å². The van der Waals surface area contributed by atoms with Gasteiger partial charge in [-0.3, -0.25) is 0 Å². The second kappa shape index (κ2) is 6.13. The van der Waals surface area contributed by atoms with Gasteiger partial charge in [-0.05, 0) is 61.9 Å². The van der Waals surface area contributed by atoms with Crippen LogP contribution in [0.4, 0.5) is 0 Å². The zero-order valence-electron chi connectivity index (χ0n) is 12.8. The summed E-state index contributed by atoms with van der Waals surface area (Å²) in [7, 11) is 0. The van der Waals surface area contributed by atoms with Crippen molar-refractivity contribution in [2.24, 2.45) is 0 Å². The van der Waals surface area contributed by atoms with E-state index in [4.69, 9.17) is 0 Å². The van der Waals surface area contributed by atoms with Crippen LogP contribution in [0, 0.1) is 13.8 Å². The van der Waals surface area contributed by atoms with Crippen LogP contribution in [0.25, 0.3) is 11.0 Å². The Morgan fingerprint density at radius 3 is 2.52 bits per heavy atom. The molecule has 0 spiro atoms. The molecule has 0 amide bonds. The molecule has 1 aromatic heterocycles. The van der Waals surface area contributed by atoms with E-state index in [0.29, 0.717) is 0 Å². The minimum absolute atomic E-state index is 1.05. The summed E-state index contributed by atoms with van der Waals surface area (Å²) in [5, 5.41) is 0. The molecule has 0 saturated carbocycles. The maximum absolute atomic E-state index is 4.52. The topological polar surface area (TPSA) is 17.8 Å². The Morgan fingerprint density at radius 2 is 1.71 bits per heavy atom. The zero-order chi connectivity index (χ0) is 14.7. The quantitative estimate of drug-likeness (QED) is 0.620. The van der Waals surface area contributed by atoms with Crippen LogP contribution in [0.5, 0.6) is 0 Å². The Balaban J connectivity index is 1.62. The molecule has 2 nitrogen and oxygen atoms in total. The van der Waals surface area contributed by atoms with Crippen molar-refractivity contribution < 1.29 is 0 Å². The second-order valence-electron chi connectivity index (χ2n) is 5.81. The number of aryl methyl sites for hydroxylation is 4. The van der Waals surface area contributed by atoms with Gasteiger partial charge in [0.1, 0.15) is 0 Å². The van der Waals surface area contributed by atoms with E-state index in [0.717, 1.165) is 18.5 Å². The Bertz CT molecular complexity index is 726. The van der Waals surface area contributed by atoms with Crippen LogP contribution in [-0.2, 0) is 13.0 Å². The van der Waals surface area contributed by atoms with E-state index in [1.165, 1.54) is 35.0 Å². The molecule has 0 saturated heterocycles. The van der Waals surface area contributed by atoms with Gasteiger partial charge >= 0.3 is 0 Å². The first-order chi connectivity index (χ1) is 10.2. The van der Waals surface area contributed by atoms with Gasteiger partial charge in [-0.15, -0.1) is 0 Å². The van der Waals surface area contributed by atoms with Crippen molar-refractivity contribution >= 4 is 11.0 Å². The van der Waals surface area contributed by atoms with Crippen molar-refractivity contribution in [2.45, 2.75) is 39.7 Å². The molecule has 0 unspecified atom stereocenters. The summed E-state index contributed by atoms with van der Waals surface area (Å²) in [5.41, 5.74) is 6.46. The van der Waals surface area contributed by atoms with Crippen molar-refractivity contribution in [3.05, 3.63) is 65.5 Å². The number of fused-ring (bicyclic) bond motifs is 1. The lowest BCUT2D eigenvalue weighted by Crippen LogP contribution is -1.97. The summed E-state index contributed by atoms with van der Waals surface area (Å²) in [6, 6.07) is 15.2. The molecule has 0 radical (unpaired) electrons. The standard InChI is InChI=1S/C19H22N2/c1-15-12-18-19(13-16(15)2)21(14-20-18)11-7-6-10-17-8-4-3-5-9-17/h3-5,8-9,12-14H,6-7,10-11H2,1-2H3. The average molecular weight is 278 g/mol. The molecule has 108 valence electrons. The smallest absolute Gasteiger partial charge is 0.0958 e. The predicted molar refractivity (Wildman–Crippen MR) is 88.6 cm³/mol. The fourth-order valence-corrected chi connectivity index (χ4v) is 2.75. The molecule has 0 aliphatic carbocycles. The Morgan fingerprint density at radius 1 is 0.952 bits per heavy atom. The number of rotatable bonds is 5. The molecule has 0 aliphatic rings. The van der Waals surface area contributed by atoms with Crippen molar-refractivity contribution in [1.29, 1.82) is 0 Å². The highest BCUT2D eigenvalue weighted by Gasteiger charge is 2.04. The van der Waals surface area contributed by atoms with Gasteiger partial charge in [-0.1, -0.05) is 30.3 Å². The molecule has 2 aromatic carbocycles. The van der Waals surface area contributed by atoms with Gasteiger partial charge in [-0.2, -0.15) is 0 Å². The van der Waals surface area contributed by atoms with Gasteiger partial charge in [0.15, 0.2) is 0 Å². The average Bonchev–Trinajstić information content (AvgIpc) is 2.87. The van der Waals surface area contributed by atoms with Crippen molar-refractivity contribution in [1.82, 2.24) is 9.55 Å². The number of imidazole rings is 1. The maximum Gasteiger partial charge on any atom is 0.0958 e. The molecule has 0 aliphatic heterocycles. The second-order valence-corrected chi connectivity index (χ2v) is 5.81. The van der Waals surface area contributed by atoms with Gasteiger partial charge in [0, 0.05) is 6.54 Å². The predicted octanol–water partition coefficient (Wildman–Crippen LogP) is 4.68. The molecule has 1 heterocycles. The highest BCUT2D eigenvalue weighted by molar-refractivity contribution is 5.77. The SMILES string of the molecule is Cc1cc2ncn(CCCCc3ccccc3)c2cc1C. The van der Waals surface area contributed by atoms with E-state index < -0.39 is 0 Å². The molecule has 2 heteroatoms. The first-order valence-electron chi connectivity index (χ1n) is 7.70. The van der Waals surface area contributed by atoms with Gasteiger partial charge in [0.25, 0.3) is 0 Å². The number of hydrogen-bond donors (Lipinski definition) is 0. The number of hydrogen-bond acceptors (Lipinski definition) is 1. The summed E-state index contributed by atoms with van der Waals surface area (Å²) < 4.78 is 2.28. The molecule has 0 bridgehead atoms. The van der Waals surface area contributed by atoms with Crippen molar-refractivity contribution in [2.75, 3.05) is 0 Å². The maximum atomic E-state index is 4.52. The van der Waals surface area contributed by atoms with Crippen LogP contribution in [0.15, 0.2) is 48.8 Å². The Labute approximate surface area is 126 Å². The summed E-state index contributed by atoms with van der Waals surface area (Å²) in [6.07, 6.45) is 5.54. The highest BCUT2D eigenvalue weighted by Crippen LogP contribution is 2.19. The van der Waals surface area contributed by atoms with Crippen LogP contribution in [0.3, 0.4) is 0 Å². The molecule has 0 fully saturated rings. The minimum Gasteiger partial charge on any atom is -0.331 e. The third-order valence-electron chi connectivity index (χ3n) is 4.19. The fourth-order valence-electron chi connectivity index (χ4n) is 2.75. The fraction of sp³-hybridized carbons (Fsp3) is 0.316. The lowest BCUT2D eigenvalue weighted by atomic mass is 10.1. The van der Waals surface area contributed by atoms with Crippen LogP contribution in [0.2, 0.25) is 0 Å². The lowest BCUT2D eigenvalue weighted by molar-refractivity contribution is 0.621. The van der Waals surface area contributed by atoms with Crippen molar-refractivity contribution in [3.63, 3.8) is 0 Å². The molecular weight excluding hydrogens is 256 g/mol. The largest absolute Gasteiger partial charge is 0.331 e. The van der Waals surface area contributed by atoms with Crippen LogP contribution in [0.1, 0.15) is 29.5 Å². The van der Waals surface area contributed by atoms with Gasteiger partial charge in [0.2, 0.25) is 0 Å². The number of unbranched alkanes of at least 4 members (excludes halogenated alkanes) is 1. The van der Waals surface area contributed by atoms with E-state index in [-0.39, 0.29) is 0 Å². The van der Waals surface area contributed by atoms with Gasteiger partial charge in [-0.25, -0.2) is 4.98 Å². The summed E-state index contributed by atoms with van der Waals surface area (Å²) in [5.74, 6) is 0. The summed E-state index contributed by atoms with van der Waals surface area (Å²) in [6.45, 7) is 5.36. The first-order valence-corrected chi connectivity index (χ1v) is 7.70. The van der Waals surface area contributed by atoms with E-state index >= 15 is 0 Å². The number of nitrogens with zero attached hydrogens (tertiary/aromatic N) is 2. The molecule has 0 atom stereocenters. The summed E-state index contributed by atoms with van der Waals surface area (Å²) in [4.78, 5) is 4.52. The van der Waals surface area contributed by atoms with Crippen LogP contribution in [-0.4, -0.2) is 9.55 Å². The molecule has 0 N–H and O–H groups in total. The van der Waals surface area contributed by atoms with E-state index in [2.05, 4.69) is 65.9 Å². The van der Waals surface area contributed by atoms with Crippen molar-refractivity contribution in [3.8, 4) is 0 Å². The van der Waals surface area contributed by atoms with E-state index in [9.17, 15) is 0 Å². The molecule has 21 heavy (non-hydrogen) atoms.